The average molecular weight is 395 g/mol. The molecule has 0 amide bonds. The number of aliphatic carboxylic acids is 1. The number of methoxy groups -OCH3 is 3. The van der Waals surface area contributed by atoms with Gasteiger partial charge in [0.2, 0.25) is 0 Å². The summed E-state index contributed by atoms with van der Waals surface area (Å²) >= 11 is 3.53. The molecular weight excluding hydrogens is 376 g/mol. The Morgan fingerprint density at radius 1 is 1.12 bits per heavy atom. The highest BCUT2D eigenvalue weighted by atomic mass is 79.9. The summed E-state index contributed by atoms with van der Waals surface area (Å²) in [4.78, 5) is 11.5. The van der Waals surface area contributed by atoms with E-state index in [-0.39, 0.29) is 12.0 Å². The summed E-state index contributed by atoms with van der Waals surface area (Å²) in [6.07, 6.45) is 1.88. The fourth-order valence-corrected chi connectivity index (χ4v) is 3.21. The molecule has 0 radical (unpaired) electrons. The number of halogens is 1. The van der Waals surface area contributed by atoms with E-state index < -0.39 is 5.97 Å². The topological polar surface area (TPSA) is 65.0 Å². The Morgan fingerprint density at radius 2 is 1.71 bits per heavy atom. The molecule has 24 heavy (non-hydrogen) atoms. The van der Waals surface area contributed by atoms with Gasteiger partial charge < -0.3 is 19.3 Å². The number of ether oxygens (including phenoxy) is 3. The van der Waals surface area contributed by atoms with Gasteiger partial charge in [0.1, 0.15) is 11.5 Å². The van der Waals surface area contributed by atoms with Gasteiger partial charge in [0, 0.05) is 35.4 Å². The summed E-state index contributed by atoms with van der Waals surface area (Å²) in [5.41, 5.74) is 0.856. The summed E-state index contributed by atoms with van der Waals surface area (Å²) in [5.74, 6) is 0.233. The third-order valence-corrected chi connectivity index (χ3v) is 4.46. The Kier molecular flexibility index (Phi) is 6.23. The zero-order valence-corrected chi connectivity index (χ0v) is 15.3. The molecule has 6 heteroatoms. The molecule has 2 rings (SSSR count). The van der Waals surface area contributed by atoms with E-state index in [4.69, 9.17) is 14.2 Å². The third-order valence-electron chi connectivity index (χ3n) is 3.67. The molecule has 128 valence electrons. The number of hydrogen-bond donors (Lipinski definition) is 1. The van der Waals surface area contributed by atoms with Crippen LogP contribution < -0.4 is 9.47 Å². The minimum Gasteiger partial charge on any atom is -0.495 e. The van der Waals surface area contributed by atoms with Crippen LogP contribution in [0.3, 0.4) is 0 Å². The largest absolute Gasteiger partial charge is 0.495 e. The zero-order valence-electron chi connectivity index (χ0n) is 13.8. The maximum atomic E-state index is 11.5. The smallest absolute Gasteiger partial charge is 0.331 e. The van der Waals surface area contributed by atoms with E-state index in [1.807, 2.05) is 24.3 Å². The van der Waals surface area contributed by atoms with Crippen molar-refractivity contribution in [3.63, 3.8) is 0 Å². The van der Waals surface area contributed by atoms with Crippen LogP contribution in [-0.2, 0) is 9.53 Å². The zero-order chi connectivity index (χ0) is 17.7. The Balaban J connectivity index is 2.77. The predicted molar refractivity (Wildman–Crippen MR) is 96.9 cm³/mol. The quantitative estimate of drug-likeness (QED) is 0.715. The SMILES string of the molecule is COCCC(=Cc1c(Br)c(OC)c2ccccc2c1OC)C(=O)O. The summed E-state index contributed by atoms with van der Waals surface area (Å²) in [5, 5.41) is 11.2. The maximum Gasteiger partial charge on any atom is 0.331 e. The van der Waals surface area contributed by atoms with Crippen LogP contribution in [0.1, 0.15) is 12.0 Å². The Labute approximate surface area is 149 Å². The van der Waals surface area contributed by atoms with Crippen LogP contribution in [0.25, 0.3) is 16.8 Å². The highest BCUT2D eigenvalue weighted by Crippen LogP contribution is 2.44. The van der Waals surface area contributed by atoms with Crippen molar-refractivity contribution < 1.29 is 24.1 Å². The van der Waals surface area contributed by atoms with E-state index in [0.717, 1.165) is 10.8 Å². The molecule has 5 nitrogen and oxygen atoms in total. The first-order valence-corrected chi connectivity index (χ1v) is 8.09. The van der Waals surface area contributed by atoms with E-state index in [1.165, 1.54) is 7.11 Å². The molecule has 0 aliphatic heterocycles. The van der Waals surface area contributed by atoms with Crippen molar-refractivity contribution in [2.45, 2.75) is 6.42 Å². The molecule has 0 unspecified atom stereocenters. The number of hydrogen-bond acceptors (Lipinski definition) is 4. The van der Waals surface area contributed by atoms with E-state index in [9.17, 15) is 9.90 Å². The molecule has 0 spiro atoms. The molecule has 0 aliphatic carbocycles. The minimum atomic E-state index is -0.992. The van der Waals surface area contributed by atoms with Crippen molar-refractivity contribution in [3.05, 3.63) is 39.9 Å². The first-order chi connectivity index (χ1) is 11.5. The fourth-order valence-electron chi connectivity index (χ4n) is 2.54. The van der Waals surface area contributed by atoms with Crippen LogP contribution in [0.2, 0.25) is 0 Å². The lowest BCUT2D eigenvalue weighted by Gasteiger charge is -2.16. The lowest BCUT2D eigenvalue weighted by Crippen LogP contribution is -2.04. The van der Waals surface area contributed by atoms with Gasteiger partial charge >= 0.3 is 5.97 Å². The number of rotatable bonds is 7. The van der Waals surface area contributed by atoms with E-state index in [2.05, 4.69) is 15.9 Å². The van der Waals surface area contributed by atoms with E-state index in [0.29, 0.717) is 28.1 Å². The standard InChI is InChI=1S/C18H19BrO5/c1-22-9-8-11(18(20)21)10-14-15(19)17(24-3)13-7-5-4-6-12(13)16(14)23-2/h4-7,10H,8-9H2,1-3H3,(H,20,21). The molecule has 0 heterocycles. The molecule has 0 aromatic heterocycles. The summed E-state index contributed by atoms with van der Waals surface area (Å²) in [7, 11) is 4.68. The van der Waals surface area contributed by atoms with Crippen molar-refractivity contribution in [1.29, 1.82) is 0 Å². The predicted octanol–water partition coefficient (Wildman–Crippen LogP) is 4.12. The number of carboxylic acid groups (broad SMARTS) is 1. The van der Waals surface area contributed by atoms with Crippen molar-refractivity contribution in [2.75, 3.05) is 27.9 Å². The molecule has 0 saturated heterocycles. The van der Waals surface area contributed by atoms with E-state index >= 15 is 0 Å². The highest BCUT2D eigenvalue weighted by molar-refractivity contribution is 9.10. The van der Waals surface area contributed by atoms with Gasteiger partial charge in [-0.3, -0.25) is 0 Å². The molecule has 2 aromatic carbocycles. The molecule has 0 bridgehead atoms. The van der Waals surface area contributed by atoms with Crippen LogP contribution >= 0.6 is 15.9 Å². The summed E-state index contributed by atoms with van der Waals surface area (Å²) in [6, 6.07) is 7.65. The lowest BCUT2D eigenvalue weighted by atomic mass is 10.0. The van der Waals surface area contributed by atoms with Crippen molar-refractivity contribution in [1.82, 2.24) is 0 Å². The average Bonchev–Trinajstić information content (AvgIpc) is 2.58. The number of fused-ring (bicyclic) bond motifs is 1. The Hall–Kier alpha value is -2.05. The molecule has 0 saturated carbocycles. The van der Waals surface area contributed by atoms with Gasteiger partial charge in [0.25, 0.3) is 0 Å². The first kappa shape index (κ1) is 18.3. The van der Waals surface area contributed by atoms with E-state index in [1.54, 1.807) is 20.3 Å². The molecule has 2 aromatic rings. The Bertz CT molecular complexity index is 783. The first-order valence-electron chi connectivity index (χ1n) is 7.30. The second-order valence-electron chi connectivity index (χ2n) is 5.06. The van der Waals surface area contributed by atoms with Gasteiger partial charge in [-0.25, -0.2) is 4.79 Å². The fraction of sp³-hybridized carbons (Fsp3) is 0.278. The normalized spacial score (nSPS) is 11.6. The van der Waals surface area contributed by atoms with Crippen molar-refractivity contribution in [3.8, 4) is 11.5 Å². The minimum absolute atomic E-state index is 0.230. The van der Waals surface area contributed by atoms with Gasteiger partial charge in [-0.15, -0.1) is 0 Å². The summed E-state index contributed by atoms with van der Waals surface area (Å²) < 4.78 is 16.7. The number of benzene rings is 2. The monoisotopic (exact) mass is 394 g/mol. The molecule has 0 atom stereocenters. The van der Waals surface area contributed by atoms with Crippen molar-refractivity contribution >= 4 is 38.7 Å². The van der Waals surface area contributed by atoms with Crippen LogP contribution in [-0.4, -0.2) is 39.0 Å². The van der Waals surface area contributed by atoms with Gasteiger partial charge in [-0.1, -0.05) is 24.3 Å². The number of carboxylic acids is 1. The van der Waals surface area contributed by atoms with Gasteiger partial charge in [-0.05, 0) is 22.0 Å². The second-order valence-corrected chi connectivity index (χ2v) is 5.85. The highest BCUT2D eigenvalue weighted by Gasteiger charge is 2.19. The summed E-state index contributed by atoms with van der Waals surface area (Å²) in [6.45, 7) is 0.322. The van der Waals surface area contributed by atoms with Gasteiger partial charge in [0.15, 0.2) is 0 Å². The molecular formula is C18H19BrO5. The van der Waals surface area contributed by atoms with Crippen LogP contribution in [0.4, 0.5) is 0 Å². The molecule has 0 fully saturated rings. The number of carbonyl (C=O) groups is 1. The Morgan fingerprint density at radius 3 is 2.21 bits per heavy atom. The van der Waals surface area contributed by atoms with Crippen LogP contribution in [0, 0.1) is 0 Å². The van der Waals surface area contributed by atoms with Crippen LogP contribution in [0.5, 0.6) is 11.5 Å². The van der Waals surface area contributed by atoms with Crippen LogP contribution in [0.15, 0.2) is 34.3 Å². The van der Waals surface area contributed by atoms with Gasteiger partial charge in [0.05, 0.1) is 25.3 Å². The molecule has 0 aliphatic rings. The maximum absolute atomic E-state index is 11.5. The van der Waals surface area contributed by atoms with Gasteiger partial charge in [-0.2, -0.15) is 0 Å². The van der Waals surface area contributed by atoms with Crippen molar-refractivity contribution in [2.24, 2.45) is 0 Å². The molecule has 1 N–H and O–H groups in total. The third kappa shape index (κ3) is 3.55. The second kappa shape index (κ2) is 8.17. The lowest BCUT2D eigenvalue weighted by molar-refractivity contribution is -0.132.